The van der Waals surface area contributed by atoms with Gasteiger partial charge in [0.25, 0.3) is 0 Å². The number of fused-ring (bicyclic) bond motifs is 2. The van der Waals surface area contributed by atoms with E-state index >= 15 is 0 Å². The molecule has 0 N–H and O–H groups in total. The molecule has 0 aromatic heterocycles. The molecule has 1 saturated heterocycles. The lowest BCUT2D eigenvalue weighted by molar-refractivity contribution is -0.0989. The van der Waals surface area contributed by atoms with Crippen LogP contribution in [-0.4, -0.2) is 18.2 Å². The molecule has 2 aliphatic rings. The fourth-order valence-corrected chi connectivity index (χ4v) is 2.97. The second kappa shape index (κ2) is 3.55. The number of hydrogen-bond acceptors (Lipinski definition) is 3. The van der Waals surface area contributed by atoms with E-state index in [0.29, 0.717) is 13.1 Å². The van der Waals surface area contributed by atoms with E-state index in [2.05, 4.69) is 31.2 Å². The first kappa shape index (κ1) is 10.3. The van der Waals surface area contributed by atoms with Crippen LogP contribution in [0.1, 0.15) is 37.0 Å². The number of ether oxygens (including phenoxy) is 1. The van der Waals surface area contributed by atoms with Crippen LogP contribution in [0.3, 0.4) is 0 Å². The van der Waals surface area contributed by atoms with Gasteiger partial charge < -0.3 is 15.0 Å². The third kappa shape index (κ3) is 1.39. The Hall–Kier alpha value is -0.900. The third-order valence-corrected chi connectivity index (χ3v) is 3.82. The standard InChI is InChI=1S/C13H16NO2/c1-10-11-4-2-3-5-12(11)13(16-10)6-8-14(15)9-7-13/h2-5,10H,6-9H2,1H3/q-1. The molecule has 0 aliphatic carbocycles. The van der Waals surface area contributed by atoms with Gasteiger partial charge in [-0.1, -0.05) is 24.3 Å². The van der Waals surface area contributed by atoms with Crippen LogP contribution in [0.2, 0.25) is 0 Å². The highest BCUT2D eigenvalue weighted by Crippen LogP contribution is 2.48. The number of hydrogen-bond donors (Lipinski definition) is 0. The molecule has 2 heterocycles. The number of piperidine rings is 1. The second-order valence-corrected chi connectivity index (χ2v) is 4.77. The van der Waals surface area contributed by atoms with Crippen molar-refractivity contribution in [2.75, 3.05) is 13.1 Å². The van der Waals surface area contributed by atoms with Gasteiger partial charge in [-0.25, -0.2) is 0 Å². The van der Waals surface area contributed by atoms with Gasteiger partial charge in [-0.2, -0.15) is 0 Å². The monoisotopic (exact) mass is 218 g/mol. The molecule has 16 heavy (non-hydrogen) atoms. The molecule has 0 bridgehead atoms. The van der Waals surface area contributed by atoms with Crippen LogP contribution in [0, 0.1) is 5.21 Å². The van der Waals surface area contributed by atoms with Crippen molar-refractivity contribution in [1.29, 1.82) is 0 Å². The SMILES string of the molecule is CC1OC2(CCN([O-])CC2)c2ccccc21. The van der Waals surface area contributed by atoms with Gasteiger partial charge in [0.05, 0.1) is 11.7 Å². The lowest BCUT2D eigenvalue weighted by Gasteiger charge is -2.42. The van der Waals surface area contributed by atoms with Crippen LogP contribution in [0.4, 0.5) is 0 Å². The summed E-state index contributed by atoms with van der Waals surface area (Å²) in [6, 6.07) is 8.41. The van der Waals surface area contributed by atoms with Crippen molar-refractivity contribution in [2.45, 2.75) is 31.5 Å². The lowest BCUT2D eigenvalue weighted by atomic mass is 9.84. The van der Waals surface area contributed by atoms with E-state index in [9.17, 15) is 5.21 Å². The topological polar surface area (TPSA) is 35.5 Å². The van der Waals surface area contributed by atoms with Gasteiger partial charge in [0.2, 0.25) is 0 Å². The van der Waals surface area contributed by atoms with Gasteiger partial charge in [0.1, 0.15) is 0 Å². The fourth-order valence-electron chi connectivity index (χ4n) is 2.97. The van der Waals surface area contributed by atoms with Crippen molar-refractivity contribution in [3.8, 4) is 0 Å². The van der Waals surface area contributed by atoms with Gasteiger partial charge in [-0.15, -0.1) is 0 Å². The number of rotatable bonds is 0. The van der Waals surface area contributed by atoms with Crippen molar-refractivity contribution in [1.82, 2.24) is 5.06 Å². The van der Waals surface area contributed by atoms with Crippen LogP contribution in [-0.2, 0) is 10.3 Å². The summed E-state index contributed by atoms with van der Waals surface area (Å²) in [5.41, 5.74) is 2.41. The van der Waals surface area contributed by atoms with Crippen molar-refractivity contribution in [2.24, 2.45) is 0 Å². The normalized spacial score (nSPS) is 28.2. The molecule has 1 spiro atoms. The largest absolute Gasteiger partial charge is 0.785 e. The summed E-state index contributed by atoms with van der Waals surface area (Å²) in [4.78, 5) is 0. The smallest absolute Gasteiger partial charge is 0.0966 e. The van der Waals surface area contributed by atoms with Crippen LogP contribution >= 0.6 is 0 Å². The van der Waals surface area contributed by atoms with Gasteiger partial charge in [0.15, 0.2) is 0 Å². The molecule has 3 rings (SSSR count). The Balaban J connectivity index is 1.99. The number of benzene rings is 1. The van der Waals surface area contributed by atoms with Crippen LogP contribution in [0.25, 0.3) is 0 Å². The maximum Gasteiger partial charge on any atom is 0.0966 e. The molecule has 1 fully saturated rings. The van der Waals surface area contributed by atoms with E-state index in [-0.39, 0.29) is 11.7 Å². The molecule has 1 aromatic carbocycles. The minimum absolute atomic E-state index is 0.161. The maximum atomic E-state index is 11.3. The van der Waals surface area contributed by atoms with Gasteiger partial charge in [-0.3, -0.25) is 0 Å². The summed E-state index contributed by atoms with van der Waals surface area (Å²) in [5, 5.41) is 12.4. The van der Waals surface area contributed by atoms with Gasteiger partial charge >= 0.3 is 0 Å². The number of nitrogens with zero attached hydrogens (tertiary/aromatic N) is 1. The first-order valence-electron chi connectivity index (χ1n) is 5.91. The summed E-state index contributed by atoms with van der Waals surface area (Å²) in [5.74, 6) is 0. The van der Waals surface area contributed by atoms with E-state index in [1.807, 2.05) is 0 Å². The zero-order chi connectivity index (χ0) is 11.2. The van der Waals surface area contributed by atoms with Crippen molar-refractivity contribution >= 4 is 0 Å². The Morgan fingerprint density at radius 2 is 2.00 bits per heavy atom. The molecule has 0 radical (unpaired) electrons. The molecule has 86 valence electrons. The van der Waals surface area contributed by atoms with Crippen LogP contribution in [0.5, 0.6) is 0 Å². The Bertz CT molecular complexity index is 397. The number of hydroxylamine groups is 2. The average Bonchev–Trinajstić information content (AvgIpc) is 2.58. The van der Waals surface area contributed by atoms with Crippen molar-refractivity contribution in [3.05, 3.63) is 40.6 Å². The van der Waals surface area contributed by atoms with Gasteiger partial charge in [-0.05, 0) is 44.0 Å². The maximum absolute atomic E-state index is 11.3. The average molecular weight is 218 g/mol. The molecule has 2 aliphatic heterocycles. The summed E-state index contributed by atoms with van der Waals surface area (Å²) in [6.45, 7) is 3.26. The molecule has 3 nitrogen and oxygen atoms in total. The van der Waals surface area contributed by atoms with E-state index in [4.69, 9.17) is 4.74 Å². The molecule has 0 amide bonds. The quantitative estimate of drug-likeness (QED) is 0.671. The molecular formula is C13H16NO2-. The van der Waals surface area contributed by atoms with E-state index in [1.54, 1.807) is 0 Å². The Kier molecular flexibility index (Phi) is 2.28. The second-order valence-electron chi connectivity index (χ2n) is 4.77. The highest BCUT2D eigenvalue weighted by molar-refractivity contribution is 5.38. The fraction of sp³-hybridized carbons (Fsp3) is 0.538. The third-order valence-electron chi connectivity index (χ3n) is 3.82. The van der Waals surface area contributed by atoms with Crippen molar-refractivity contribution < 1.29 is 4.74 Å². The Morgan fingerprint density at radius 1 is 1.31 bits per heavy atom. The first-order chi connectivity index (χ1) is 7.71. The van der Waals surface area contributed by atoms with Crippen LogP contribution in [0.15, 0.2) is 24.3 Å². The molecule has 1 aromatic rings. The highest BCUT2D eigenvalue weighted by Gasteiger charge is 2.43. The van der Waals surface area contributed by atoms with E-state index in [1.165, 1.54) is 11.1 Å². The summed E-state index contributed by atoms with van der Waals surface area (Å²) < 4.78 is 6.14. The lowest BCUT2D eigenvalue weighted by Crippen LogP contribution is -2.40. The highest BCUT2D eigenvalue weighted by atomic mass is 16.5. The first-order valence-corrected chi connectivity index (χ1v) is 5.91. The molecule has 3 heteroatoms. The summed E-state index contributed by atoms with van der Waals surface area (Å²) in [6.07, 6.45) is 1.80. The predicted octanol–water partition coefficient (Wildman–Crippen LogP) is 2.57. The van der Waals surface area contributed by atoms with Gasteiger partial charge in [0, 0.05) is 0 Å². The van der Waals surface area contributed by atoms with E-state index in [0.717, 1.165) is 17.9 Å². The Labute approximate surface area is 95.6 Å². The minimum atomic E-state index is -0.184. The molecule has 1 atom stereocenters. The Morgan fingerprint density at radius 3 is 2.75 bits per heavy atom. The zero-order valence-electron chi connectivity index (χ0n) is 9.48. The zero-order valence-corrected chi connectivity index (χ0v) is 9.48. The summed E-state index contributed by atoms with van der Waals surface area (Å²) in [7, 11) is 0. The molecule has 1 unspecified atom stereocenters. The predicted molar refractivity (Wildman–Crippen MR) is 61.8 cm³/mol. The summed E-state index contributed by atoms with van der Waals surface area (Å²) >= 11 is 0. The van der Waals surface area contributed by atoms with Crippen molar-refractivity contribution in [3.63, 3.8) is 0 Å². The molecule has 0 saturated carbocycles. The minimum Gasteiger partial charge on any atom is -0.785 e. The molecular weight excluding hydrogens is 202 g/mol. The van der Waals surface area contributed by atoms with Crippen LogP contribution < -0.4 is 0 Å². The van der Waals surface area contributed by atoms with E-state index < -0.39 is 0 Å².